The van der Waals surface area contributed by atoms with E-state index in [1.54, 1.807) is 5.48 Å². The van der Waals surface area contributed by atoms with E-state index in [9.17, 15) is 31.6 Å². The fourth-order valence-corrected chi connectivity index (χ4v) is 3.80. The van der Waals surface area contributed by atoms with Crippen LogP contribution in [0.3, 0.4) is 0 Å². The molecule has 31 heavy (non-hydrogen) atoms. The molecule has 0 amide bonds. The van der Waals surface area contributed by atoms with Gasteiger partial charge in [0.15, 0.2) is 26.4 Å². The molecule has 15 heteroatoms. The summed E-state index contributed by atoms with van der Waals surface area (Å²) < 4.78 is 67.7. The van der Waals surface area contributed by atoms with Crippen LogP contribution in [0.1, 0.15) is 18.5 Å². The average Bonchev–Trinajstić information content (AvgIpc) is 3.09. The summed E-state index contributed by atoms with van der Waals surface area (Å²) in [5, 5.41) is 16.8. The van der Waals surface area contributed by atoms with Gasteiger partial charge in [0.25, 0.3) is 0 Å². The summed E-state index contributed by atoms with van der Waals surface area (Å²) in [6, 6.07) is 4.73. The van der Waals surface area contributed by atoms with Crippen molar-refractivity contribution >= 4 is 38.9 Å². The second-order valence-corrected chi connectivity index (χ2v) is 9.32. The molecule has 1 aromatic heterocycles. The number of carbonyl (C=O) groups excluding carboxylic acids is 1. The molecule has 1 aromatic carbocycles. The topological polar surface area (TPSA) is 144 Å². The molecule has 0 aliphatic heterocycles. The van der Waals surface area contributed by atoms with Crippen molar-refractivity contribution in [2.75, 3.05) is 17.8 Å². The van der Waals surface area contributed by atoms with Gasteiger partial charge >= 0.3 is 6.36 Å². The highest BCUT2D eigenvalue weighted by Gasteiger charge is 2.31. The summed E-state index contributed by atoms with van der Waals surface area (Å²) in [5.41, 5.74) is 1.79. The lowest BCUT2D eigenvalue weighted by Crippen LogP contribution is -2.21. The van der Waals surface area contributed by atoms with E-state index in [1.807, 2.05) is 0 Å². The van der Waals surface area contributed by atoms with Gasteiger partial charge in [-0.3, -0.25) is 15.5 Å². The molecule has 0 radical (unpaired) electrons. The smallest absolute Gasteiger partial charge is 0.406 e. The molecular weight excluding hydrogens is 465 g/mol. The molecule has 10 nitrogen and oxygen atoms in total. The number of carbonyl (C=O) groups is 1. The van der Waals surface area contributed by atoms with E-state index in [0.29, 0.717) is 12.2 Å². The molecule has 1 heterocycles. The molecule has 2 rings (SSSR count). The van der Waals surface area contributed by atoms with Crippen molar-refractivity contribution < 1.29 is 41.0 Å². The average molecular weight is 482 g/mol. The number of sulfone groups is 1. The Morgan fingerprint density at radius 1 is 1.35 bits per heavy atom. The third kappa shape index (κ3) is 8.94. The van der Waals surface area contributed by atoms with Crippen molar-refractivity contribution in [2.24, 2.45) is 4.99 Å². The van der Waals surface area contributed by atoms with Gasteiger partial charge in [-0.2, -0.15) is 0 Å². The molecule has 0 spiro atoms. The number of nitrogens with zero attached hydrogens (tertiary/aromatic N) is 3. The molecule has 0 unspecified atom stereocenters. The van der Waals surface area contributed by atoms with E-state index in [-0.39, 0.29) is 28.7 Å². The summed E-state index contributed by atoms with van der Waals surface area (Å²) in [4.78, 5) is 15.6. The fraction of sp³-hybridized carbons (Fsp3) is 0.375. The maximum absolute atomic E-state index is 12.4. The Morgan fingerprint density at radius 3 is 2.74 bits per heavy atom. The Balaban J connectivity index is 2.05. The van der Waals surface area contributed by atoms with Crippen LogP contribution in [0.2, 0.25) is 0 Å². The highest BCUT2D eigenvalue weighted by molar-refractivity contribution is 7.99. The van der Waals surface area contributed by atoms with Gasteiger partial charge in [0.1, 0.15) is 17.3 Å². The SMILES string of the molecule is CS(=O)(=O)CC(=O)CCCSc1nonc1C(=Nc1cccc(OC(F)(F)F)c1)NO. The molecule has 170 valence electrons. The predicted octanol–water partition coefficient (Wildman–Crippen LogP) is 2.51. The lowest BCUT2D eigenvalue weighted by Gasteiger charge is -2.09. The second kappa shape index (κ2) is 10.6. The summed E-state index contributed by atoms with van der Waals surface area (Å²) in [6.07, 6.45) is -3.50. The Labute approximate surface area is 178 Å². The molecule has 0 aliphatic rings. The van der Waals surface area contributed by atoms with E-state index < -0.39 is 33.5 Å². The molecule has 0 fully saturated rings. The number of hydrogen-bond donors (Lipinski definition) is 2. The minimum atomic E-state index is -4.87. The number of benzene rings is 1. The molecule has 2 N–H and O–H groups in total. The van der Waals surface area contributed by atoms with Crippen LogP contribution in [0.25, 0.3) is 0 Å². The highest BCUT2D eigenvalue weighted by Crippen LogP contribution is 2.27. The molecular formula is C16H17F3N4O6S2. The van der Waals surface area contributed by atoms with Crippen LogP contribution in [0, 0.1) is 0 Å². The number of ketones is 1. The summed E-state index contributed by atoms with van der Waals surface area (Å²) in [6.45, 7) is 0. The van der Waals surface area contributed by atoms with Crippen LogP contribution >= 0.6 is 11.8 Å². The van der Waals surface area contributed by atoms with Gasteiger partial charge in [-0.15, -0.1) is 24.9 Å². The first-order chi connectivity index (χ1) is 14.5. The zero-order valence-electron chi connectivity index (χ0n) is 15.9. The third-order valence-electron chi connectivity index (χ3n) is 3.34. The summed E-state index contributed by atoms with van der Waals surface area (Å²) >= 11 is 1.10. The molecule has 0 bridgehead atoms. The zero-order chi connectivity index (χ0) is 23.1. The van der Waals surface area contributed by atoms with E-state index >= 15 is 0 Å². The van der Waals surface area contributed by atoms with Gasteiger partial charge in [0, 0.05) is 24.5 Å². The van der Waals surface area contributed by atoms with Crippen molar-refractivity contribution in [1.29, 1.82) is 0 Å². The van der Waals surface area contributed by atoms with Gasteiger partial charge in [0.05, 0.1) is 5.69 Å². The van der Waals surface area contributed by atoms with Gasteiger partial charge in [-0.1, -0.05) is 6.07 Å². The minimum absolute atomic E-state index is 0.0166. The van der Waals surface area contributed by atoms with Gasteiger partial charge in [-0.25, -0.2) is 18.0 Å². The van der Waals surface area contributed by atoms with E-state index in [1.165, 1.54) is 12.1 Å². The van der Waals surface area contributed by atoms with E-state index in [2.05, 4.69) is 24.7 Å². The lowest BCUT2D eigenvalue weighted by molar-refractivity contribution is -0.274. The van der Waals surface area contributed by atoms with Crippen LogP contribution in [-0.2, 0) is 14.6 Å². The number of nitrogens with one attached hydrogen (secondary N) is 1. The fourth-order valence-electron chi connectivity index (χ4n) is 2.23. The van der Waals surface area contributed by atoms with Gasteiger partial charge in [-0.05, 0) is 28.9 Å². The number of rotatable bonds is 10. The minimum Gasteiger partial charge on any atom is -0.406 e. The maximum atomic E-state index is 12.4. The van der Waals surface area contributed by atoms with Crippen LogP contribution in [0.4, 0.5) is 18.9 Å². The Kier molecular flexibility index (Phi) is 8.41. The molecule has 0 atom stereocenters. The quantitative estimate of drug-likeness (QED) is 0.170. The first kappa shape index (κ1) is 24.6. The normalized spacial score (nSPS) is 12.6. The van der Waals surface area contributed by atoms with Gasteiger partial charge < -0.3 is 4.74 Å². The van der Waals surface area contributed by atoms with Crippen molar-refractivity contribution in [3.05, 3.63) is 30.0 Å². The lowest BCUT2D eigenvalue weighted by atomic mass is 10.2. The van der Waals surface area contributed by atoms with Crippen molar-refractivity contribution in [2.45, 2.75) is 24.2 Å². The Hall–Kier alpha value is -2.65. The van der Waals surface area contributed by atoms with Crippen LogP contribution < -0.4 is 10.2 Å². The molecule has 0 aliphatic carbocycles. The Bertz CT molecular complexity index is 1040. The summed E-state index contributed by atoms with van der Waals surface area (Å²) in [5.74, 6) is -1.35. The monoisotopic (exact) mass is 482 g/mol. The number of hydroxylamine groups is 1. The van der Waals surface area contributed by atoms with Crippen LogP contribution in [-0.4, -0.2) is 59.7 Å². The van der Waals surface area contributed by atoms with Crippen LogP contribution in [0.5, 0.6) is 5.75 Å². The standard InChI is InChI=1S/C16H17F3N4O6S2/c1-31(26,27)9-11(24)5-3-7-30-15-13(22-29-23-15)14(21-25)20-10-4-2-6-12(8-10)28-16(17,18)19/h2,4,6,8,25H,3,5,7,9H2,1H3,(H,20,21). The Morgan fingerprint density at radius 2 is 2.10 bits per heavy atom. The number of amidine groups is 1. The number of Topliss-reactive ketones (excluding diaryl/α,β-unsaturated/α-hetero) is 1. The zero-order valence-corrected chi connectivity index (χ0v) is 17.6. The maximum Gasteiger partial charge on any atom is 0.573 e. The third-order valence-corrected chi connectivity index (χ3v) is 5.22. The molecule has 2 aromatic rings. The number of hydrogen-bond acceptors (Lipinski definition) is 10. The molecule has 0 saturated carbocycles. The first-order valence-corrected chi connectivity index (χ1v) is 11.5. The molecule has 0 saturated heterocycles. The van der Waals surface area contributed by atoms with Crippen molar-refractivity contribution in [3.8, 4) is 5.75 Å². The number of ether oxygens (including phenoxy) is 1. The predicted molar refractivity (Wildman–Crippen MR) is 103 cm³/mol. The van der Waals surface area contributed by atoms with Crippen molar-refractivity contribution in [1.82, 2.24) is 15.8 Å². The van der Waals surface area contributed by atoms with Crippen LogP contribution in [0.15, 0.2) is 38.9 Å². The number of thioether (sulfide) groups is 1. The highest BCUT2D eigenvalue weighted by atomic mass is 32.2. The van der Waals surface area contributed by atoms with E-state index in [4.69, 9.17) is 0 Å². The van der Waals surface area contributed by atoms with E-state index in [0.717, 1.165) is 30.2 Å². The van der Waals surface area contributed by atoms with Crippen molar-refractivity contribution in [3.63, 3.8) is 0 Å². The number of aromatic nitrogens is 2. The largest absolute Gasteiger partial charge is 0.573 e. The number of alkyl halides is 3. The summed E-state index contributed by atoms with van der Waals surface area (Å²) in [7, 11) is -3.38. The number of halogens is 3. The number of aliphatic imine (C=N–C) groups is 1. The second-order valence-electron chi connectivity index (χ2n) is 6.10. The van der Waals surface area contributed by atoms with Gasteiger partial charge in [0.2, 0.25) is 0 Å². The first-order valence-electron chi connectivity index (χ1n) is 8.46.